The molecule has 2 aromatic carbocycles. The van der Waals surface area contributed by atoms with Gasteiger partial charge in [0.25, 0.3) is 5.89 Å². The third kappa shape index (κ3) is 4.36. The number of benzene rings is 2. The summed E-state index contributed by atoms with van der Waals surface area (Å²) in [6.45, 7) is 2.10. The van der Waals surface area contributed by atoms with E-state index < -0.39 is 0 Å². The fourth-order valence-corrected chi connectivity index (χ4v) is 4.77. The van der Waals surface area contributed by atoms with Crippen molar-refractivity contribution in [2.24, 2.45) is 5.92 Å². The standard InChI is InChI=1S/C25H28FN3O/c1-17-5-4-6-21(15-17)23(25-27-16-28-30-25)18-7-9-19(10-8-18)24(29(2)3)20-11-13-22(26)14-12-20/h4-6,11-16,19,24H,7-10H2,1-3H3. The minimum Gasteiger partial charge on any atom is -0.334 e. The summed E-state index contributed by atoms with van der Waals surface area (Å²) in [4.78, 5) is 6.61. The highest BCUT2D eigenvalue weighted by molar-refractivity contribution is 5.78. The molecule has 1 aliphatic carbocycles. The first kappa shape index (κ1) is 20.5. The molecule has 1 saturated carbocycles. The second kappa shape index (κ2) is 8.92. The molecule has 0 saturated heterocycles. The molecule has 4 rings (SSSR count). The molecule has 30 heavy (non-hydrogen) atoms. The molecule has 1 fully saturated rings. The zero-order chi connectivity index (χ0) is 21.1. The van der Waals surface area contributed by atoms with Crippen LogP contribution < -0.4 is 0 Å². The van der Waals surface area contributed by atoms with Crippen LogP contribution in [0.4, 0.5) is 4.39 Å². The molecule has 0 bridgehead atoms. The van der Waals surface area contributed by atoms with E-state index in [1.54, 1.807) is 12.1 Å². The molecular formula is C25H28FN3O. The molecule has 156 valence electrons. The number of aryl methyl sites for hydroxylation is 1. The first-order valence-electron chi connectivity index (χ1n) is 10.5. The molecule has 3 aromatic rings. The van der Waals surface area contributed by atoms with E-state index in [0.29, 0.717) is 11.8 Å². The van der Waals surface area contributed by atoms with Gasteiger partial charge in [0.15, 0.2) is 6.33 Å². The van der Waals surface area contributed by atoms with Crippen LogP contribution in [0.15, 0.2) is 65.0 Å². The van der Waals surface area contributed by atoms with Gasteiger partial charge in [0.05, 0.1) is 0 Å². The number of aromatic nitrogens is 2. The maximum Gasteiger partial charge on any atom is 0.258 e. The van der Waals surface area contributed by atoms with Gasteiger partial charge in [-0.3, -0.25) is 0 Å². The van der Waals surface area contributed by atoms with Crippen LogP contribution in [0, 0.1) is 18.7 Å². The maximum absolute atomic E-state index is 13.4. The molecule has 0 aliphatic heterocycles. The maximum atomic E-state index is 13.4. The van der Waals surface area contributed by atoms with Crippen molar-refractivity contribution in [1.82, 2.24) is 15.0 Å². The van der Waals surface area contributed by atoms with Crippen LogP contribution in [0.5, 0.6) is 0 Å². The van der Waals surface area contributed by atoms with Gasteiger partial charge in [-0.1, -0.05) is 52.7 Å². The van der Waals surface area contributed by atoms with E-state index in [-0.39, 0.29) is 11.9 Å². The van der Waals surface area contributed by atoms with Crippen molar-refractivity contribution in [3.8, 4) is 0 Å². The summed E-state index contributed by atoms with van der Waals surface area (Å²) in [6, 6.07) is 15.7. The van der Waals surface area contributed by atoms with Crippen LogP contribution in [0.25, 0.3) is 5.57 Å². The first-order valence-corrected chi connectivity index (χ1v) is 10.5. The monoisotopic (exact) mass is 405 g/mol. The summed E-state index contributed by atoms with van der Waals surface area (Å²) in [7, 11) is 4.21. The van der Waals surface area contributed by atoms with Crippen LogP contribution in [0.3, 0.4) is 0 Å². The molecular weight excluding hydrogens is 377 g/mol. The molecule has 1 aliphatic rings. The van der Waals surface area contributed by atoms with E-state index in [2.05, 4.69) is 60.3 Å². The number of nitrogens with zero attached hydrogens (tertiary/aromatic N) is 3. The summed E-state index contributed by atoms with van der Waals surface area (Å²) in [6.07, 6.45) is 5.58. The predicted octanol–water partition coefficient (Wildman–Crippen LogP) is 5.81. The van der Waals surface area contributed by atoms with Gasteiger partial charge in [0.1, 0.15) is 5.82 Å². The van der Waals surface area contributed by atoms with Gasteiger partial charge in [0, 0.05) is 11.6 Å². The Bertz CT molecular complexity index is 999. The summed E-state index contributed by atoms with van der Waals surface area (Å²) in [5.41, 5.74) is 5.98. The Balaban J connectivity index is 1.62. The molecule has 0 amide bonds. The number of allylic oxidation sites excluding steroid dienone is 1. The van der Waals surface area contributed by atoms with Gasteiger partial charge in [-0.2, -0.15) is 4.98 Å². The Hall–Kier alpha value is -2.79. The smallest absolute Gasteiger partial charge is 0.258 e. The van der Waals surface area contributed by atoms with E-state index in [0.717, 1.165) is 36.8 Å². The van der Waals surface area contributed by atoms with Crippen molar-refractivity contribution in [3.63, 3.8) is 0 Å². The van der Waals surface area contributed by atoms with E-state index in [9.17, 15) is 4.39 Å². The Morgan fingerprint density at radius 3 is 2.43 bits per heavy atom. The second-order valence-corrected chi connectivity index (χ2v) is 8.39. The average Bonchev–Trinajstić information content (AvgIpc) is 3.25. The Morgan fingerprint density at radius 1 is 1.10 bits per heavy atom. The third-order valence-electron chi connectivity index (χ3n) is 6.08. The van der Waals surface area contributed by atoms with Gasteiger partial charge in [-0.15, -0.1) is 0 Å². The van der Waals surface area contributed by atoms with Crippen LogP contribution in [-0.4, -0.2) is 29.1 Å². The normalized spacial score (nSPS) is 17.9. The SMILES string of the molecule is Cc1cccc(C(=C2CCC(C(c3ccc(F)cc3)N(C)C)CC2)c2ncno2)c1. The number of rotatable bonds is 5. The van der Waals surface area contributed by atoms with Gasteiger partial charge in [-0.05, 0) is 75.9 Å². The minimum atomic E-state index is -0.188. The third-order valence-corrected chi connectivity index (χ3v) is 6.08. The molecule has 1 atom stereocenters. The Morgan fingerprint density at radius 2 is 1.83 bits per heavy atom. The summed E-state index contributed by atoms with van der Waals surface area (Å²) in [5.74, 6) is 0.917. The number of hydrogen-bond acceptors (Lipinski definition) is 4. The van der Waals surface area contributed by atoms with E-state index in [1.165, 1.54) is 23.0 Å². The topological polar surface area (TPSA) is 42.2 Å². The van der Waals surface area contributed by atoms with Gasteiger partial charge < -0.3 is 9.42 Å². The van der Waals surface area contributed by atoms with E-state index >= 15 is 0 Å². The highest BCUT2D eigenvalue weighted by Gasteiger charge is 2.30. The second-order valence-electron chi connectivity index (χ2n) is 8.39. The van der Waals surface area contributed by atoms with Crippen LogP contribution in [0.1, 0.15) is 54.3 Å². The quantitative estimate of drug-likeness (QED) is 0.537. The highest BCUT2D eigenvalue weighted by Crippen LogP contribution is 2.42. The molecule has 0 radical (unpaired) electrons. The van der Waals surface area contributed by atoms with Crippen LogP contribution in [-0.2, 0) is 0 Å². The summed E-state index contributed by atoms with van der Waals surface area (Å²) >= 11 is 0. The molecule has 1 heterocycles. The van der Waals surface area contributed by atoms with Crippen molar-refractivity contribution >= 4 is 5.57 Å². The van der Waals surface area contributed by atoms with Gasteiger partial charge in [-0.25, -0.2) is 4.39 Å². The van der Waals surface area contributed by atoms with Crippen LogP contribution >= 0.6 is 0 Å². The predicted molar refractivity (Wildman–Crippen MR) is 116 cm³/mol. The number of halogens is 1. The largest absolute Gasteiger partial charge is 0.334 e. The van der Waals surface area contributed by atoms with Gasteiger partial charge in [0.2, 0.25) is 0 Å². The van der Waals surface area contributed by atoms with E-state index in [1.807, 2.05) is 12.1 Å². The average molecular weight is 406 g/mol. The molecule has 0 N–H and O–H groups in total. The first-order chi connectivity index (χ1) is 14.5. The van der Waals surface area contributed by atoms with Crippen molar-refractivity contribution in [2.45, 2.75) is 38.6 Å². The van der Waals surface area contributed by atoms with Gasteiger partial charge >= 0.3 is 0 Å². The van der Waals surface area contributed by atoms with Crippen molar-refractivity contribution in [2.75, 3.05) is 14.1 Å². The Labute approximate surface area is 177 Å². The molecule has 1 aromatic heterocycles. The highest BCUT2D eigenvalue weighted by atomic mass is 19.1. The van der Waals surface area contributed by atoms with Crippen LogP contribution in [0.2, 0.25) is 0 Å². The lowest BCUT2D eigenvalue weighted by Gasteiger charge is -2.36. The van der Waals surface area contributed by atoms with E-state index in [4.69, 9.17) is 4.52 Å². The molecule has 1 unspecified atom stereocenters. The number of hydrogen-bond donors (Lipinski definition) is 0. The zero-order valence-electron chi connectivity index (χ0n) is 17.8. The molecule has 4 nitrogen and oxygen atoms in total. The molecule has 0 spiro atoms. The lowest BCUT2D eigenvalue weighted by atomic mass is 9.77. The zero-order valence-corrected chi connectivity index (χ0v) is 17.8. The lowest BCUT2D eigenvalue weighted by Crippen LogP contribution is -2.29. The fraction of sp³-hybridized carbons (Fsp3) is 0.360. The minimum absolute atomic E-state index is 0.188. The summed E-state index contributed by atoms with van der Waals surface area (Å²) in [5, 5.41) is 3.84. The van der Waals surface area contributed by atoms with Crippen molar-refractivity contribution in [3.05, 3.63) is 88.8 Å². The van der Waals surface area contributed by atoms with Crippen molar-refractivity contribution < 1.29 is 8.91 Å². The Kier molecular flexibility index (Phi) is 6.09. The molecule has 5 heteroatoms. The fourth-order valence-electron chi connectivity index (χ4n) is 4.77. The summed E-state index contributed by atoms with van der Waals surface area (Å²) < 4.78 is 18.9. The van der Waals surface area contributed by atoms with Crippen molar-refractivity contribution in [1.29, 1.82) is 0 Å². The lowest BCUT2D eigenvalue weighted by molar-refractivity contribution is 0.183.